The van der Waals surface area contributed by atoms with Crippen molar-refractivity contribution in [1.29, 1.82) is 0 Å². The van der Waals surface area contributed by atoms with E-state index in [0.717, 1.165) is 72.1 Å². The molecule has 0 radical (unpaired) electrons. The van der Waals surface area contributed by atoms with Crippen molar-refractivity contribution in [2.75, 3.05) is 0 Å². The molecule has 6 rings (SSSR count). The zero-order chi connectivity index (χ0) is 31.2. The number of allylic oxidation sites excluding steroid dienone is 4. The Bertz CT molecular complexity index is 1680. The summed E-state index contributed by atoms with van der Waals surface area (Å²) in [4.78, 5) is 20.7. The van der Waals surface area contributed by atoms with E-state index in [1.165, 1.54) is 66.4 Å². The number of hydrogen-bond donors (Lipinski definition) is 0. The standard InChI is InChI=1S/C41H48N4/c1-5-7-17-30(6-2)34-26-36(31-18-11-8-12-19-31)38(37(27-34)32-20-13-9-14-21-32)41-44-39(33-22-15-10-16-23-33)43-40(45-41)35-25-24-28(3)42-29(35)4/h8,11-13,18-21,24-27,30,33H,5-7,9-10,14-17,22-23H2,1-4H3. The van der Waals surface area contributed by atoms with Crippen LogP contribution in [0, 0.1) is 13.8 Å². The summed E-state index contributed by atoms with van der Waals surface area (Å²) in [6, 6.07) is 20.0. The van der Waals surface area contributed by atoms with Crippen molar-refractivity contribution in [2.45, 2.75) is 110 Å². The molecule has 232 valence electrons. The molecule has 0 bridgehead atoms. The Balaban J connectivity index is 1.65. The minimum absolute atomic E-state index is 0.355. The number of aromatic nitrogens is 4. The molecule has 1 saturated carbocycles. The zero-order valence-corrected chi connectivity index (χ0v) is 27.6. The van der Waals surface area contributed by atoms with Crippen molar-refractivity contribution in [2.24, 2.45) is 0 Å². The van der Waals surface area contributed by atoms with Gasteiger partial charge in [-0.1, -0.05) is 107 Å². The normalized spacial score (nSPS) is 16.0. The SMILES string of the molecule is CCCCC(CC)c1cc(C2=CCCC=C2)c(-c2nc(-c3ccc(C)nc3C)nc(C3CCCCC3)n2)c(-c2ccccc2)c1. The third kappa shape index (κ3) is 7.01. The Morgan fingerprint density at radius 2 is 1.56 bits per heavy atom. The Morgan fingerprint density at radius 1 is 0.778 bits per heavy atom. The van der Waals surface area contributed by atoms with Gasteiger partial charge in [0.2, 0.25) is 0 Å². The smallest absolute Gasteiger partial charge is 0.165 e. The lowest BCUT2D eigenvalue weighted by Crippen LogP contribution is -2.13. The molecule has 1 fully saturated rings. The molecule has 4 heteroatoms. The molecule has 4 nitrogen and oxygen atoms in total. The fourth-order valence-electron chi connectivity index (χ4n) is 7.18. The Kier molecular flexibility index (Phi) is 9.98. The van der Waals surface area contributed by atoms with Crippen LogP contribution >= 0.6 is 0 Å². The highest BCUT2D eigenvalue weighted by atomic mass is 15.0. The summed E-state index contributed by atoms with van der Waals surface area (Å²) in [7, 11) is 0. The summed E-state index contributed by atoms with van der Waals surface area (Å²) in [5, 5.41) is 0. The Hall–Kier alpha value is -3.92. The van der Waals surface area contributed by atoms with Crippen LogP contribution in [0.5, 0.6) is 0 Å². The minimum atomic E-state index is 0.355. The molecule has 45 heavy (non-hydrogen) atoms. The fraction of sp³-hybridized carbons (Fsp3) is 0.415. The van der Waals surface area contributed by atoms with Crippen LogP contribution < -0.4 is 0 Å². The van der Waals surface area contributed by atoms with E-state index in [4.69, 9.17) is 19.9 Å². The van der Waals surface area contributed by atoms with Gasteiger partial charge in [-0.05, 0) is 98.2 Å². The maximum Gasteiger partial charge on any atom is 0.165 e. The molecule has 4 aromatic rings. The van der Waals surface area contributed by atoms with Gasteiger partial charge in [-0.2, -0.15) is 0 Å². The fourth-order valence-corrected chi connectivity index (χ4v) is 7.18. The largest absolute Gasteiger partial charge is 0.258 e. The number of benzene rings is 2. The number of rotatable bonds is 10. The Morgan fingerprint density at radius 3 is 2.27 bits per heavy atom. The molecule has 2 aromatic heterocycles. The van der Waals surface area contributed by atoms with E-state index >= 15 is 0 Å². The third-order valence-corrected chi connectivity index (χ3v) is 9.73. The summed E-state index contributed by atoms with van der Waals surface area (Å²) in [6.07, 6.45) is 20.0. The van der Waals surface area contributed by atoms with E-state index in [1.807, 2.05) is 6.92 Å². The van der Waals surface area contributed by atoms with Gasteiger partial charge in [0, 0.05) is 28.4 Å². The van der Waals surface area contributed by atoms with E-state index in [9.17, 15) is 0 Å². The summed E-state index contributed by atoms with van der Waals surface area (Å²) < 4.78 is 0. The topological polar surface area (TPSA) is 51.6 Å². The first-order chi connectivity index (χ1) is 22.1. The van der Waals surface area contributed by atoms with Crippen LogP contribution in [-0.2, 0) is 0 Å². The highest BCUT2D eigenvalue weighted by Gasteiger charge is 2.26. The molecular formula is C41H48N4. The lowest BCUT2D eigenvalue weighted by atomic mass is 9.82. The van der Waals surface area contributed by atoms with Gasteiger partial charge in [-0.25, -0.2) is 15.0 Å². The quantitative estimate of drug-likeness (QED) is 0.183. The number of pyridine rings is 1. The number of hydrogen-bond acceptors (Lipinski definition) is 4. The summed E-state index contributed by atoms with van der Waals surface area (Å²) >= 11 is 0. The van der Waals surface area contributed by atoms with Crippen molar-refractivity contribution in [3.8, 4) is 33.9 Å². The van der Waals surface area contributed by atoms with Crippen LogP contribution in [0.2, 0.25) is 0 Å². The number of aryl methyl sites for hydroxylation is 2. The maximum atomic E-state index is 5.39. The maximum absolute atomic E-state index is 5.39. The molecular weight excluding hydrogens is 548 g/mol. The molecule has 1 atom stereocenters. The van der Waals surface area contributed by atoms with E-state index in [2.05, 4.69) is 93.6 Å². The van der Waals surface area contributed by atoms with E-state index in [0.29, 0.717) is 11.8 Å². The number of nitrogens with zero attached hydrogens (tertiary/aromatic N) is 4. The molecule has 0 amide bonds. The van der Waals surface area contributed by atoms with E-state index in [1.54, 1.807) is 0 Å². The molecule has 1 unspecified atom stereocenters. The van der Waals surface area contributed by atoms with E-state index in [-0.39, 0.29) is 0 Å². The molecule has 0 N–H and O–H groups in total. The molecule has 0 aliphatic heterocycles. The molecule has 2 aliphatic carbocycles. The van der Waals surface area contributed by atoms with Crippen LogP contribution in [0.4, 0.5) is 0 Å². The molecule has 2 aliphatic rings. The van der Waals surface area contributed by atoms with E-state index < -0.39 is 0 Å². The average Bonchev–Trinajstić information content (AvgIpc) is 3.09. The third-order valence-electron chi connectivity index (χ3n) is 9.73. The molecule has 2 heterocycles. The highest BCUT2D eigenvalue weighted by molar-refractivity contribution is 5.93. The van der Waals surface area contributed by atoms with Gasteiger partial charge in [0.1, 0.15) is 5.82 Å². The number of unbranched alkanes of at least 4 members (excludes halogenated alkanes) is 1. The van der Waals surface area contributed by atoms with Crippen molar-refractivity contribution < 1.29 is 0 Å². The molecule has 0 spiro atoms. The van der Waals surface area contributed by atoms with Gasteiger partial charge in [0.15, 0.2) is 11.6 Å². The highest BCUT2D eigenvalue weighted by Crippen LogP contribution is 2.43. The summed E-state index contributed by atoms with van der Waals surface area (Å²) in [5.74, 6) is 3.32. The first-order valence-corrected chi connectivity index (χ1v) is 17.4. The predicted molar refractivity (Wildman–Crippen MR) is 188 cm³/mol. The summed E-state index contributed by atoms with van der Waals surface area (Å²) in [6.45, 7) is 8.74. The second kappa shape index (κ2) is 14.5. The lowest BCUT2D eigenvalue weighted by Gasteiger charge is -2.24. The van der Waals surface area contributed by atoms with Crippen molar-refractivity contribution in [3.63, 3.8) is 0 Å². The first-order valence-electron chi connectivity index (χ1n) is 17.4. The van der Waals surface area contributed by atoms with Crippen molar-refractivity contribution >= 4 is 5.57 Å². The monoisotopic (exact) mass is 596 g/mol. The van der Waals surface area contributed by atoms with Gasteiger partial charge >= 0.3 is 0 Å². The van der Waals surface area contributed by atoms with Crippen molar-refractivity contribution in [1.82, 2.24) is 19.9 Å². The first kappa shape index (κ1) is 31.1. The second-order valence-electron chi connectivity index (χ2n) is 13.0. The minimum Gasteiger partial charge on any atom is -0.258 e. The van der Waals surface area contributed by atoms with Crippen molar-refractivity contribution in [3.05, 3.63) is 101 Å². The molecule has 2 aromatic carbocycles. The van der Waals surface area contributed by atoms with Crippen LogP contribution in [0.1, 0.15) is 125 Å². The van der Waals surface area contributed by atoms with Gasteiger partial charge in [-0.15, -0.1) is 0 Å². The lowest BCUT2D eigenvalue weighted by molar-refractivity contribution is 0.428. The zero-order valence-electron chi connectivity index (χ0n) is 27.6. The van der Waals surface area contributed by atoms with Gasteiger partial charge in [0.05, 0.1) is 0 Å². The molecule has 0 saturated heterocycles. The van der Waals surface area contributed by atoms with Gasteiger partial charge < -0.3 is 0 Å². The predicted octanol–water partition coefficient (Wildman–Crippen LogP) is 11.3. The van der Waals surface area contributed by atoms with Crippen LogP contribution in [0.25, 0.3) is 39.5 Å². The van der Waals surface area contributed by atoms with Crippen LogP contribution in [-0.4, -0.2) is 19.9 Å². The van der Waals surface area contributed by atoms with Gasteiger partial charge in [-0.3, -0.25) is 4.98 Å². The van der Waals surface area contributed by atoms with Crippen LogP contribution in [0.15, 0.2) is 72.8 Å². The average molecular weight is 597 g/mol. The second-order valence-corrected chi connectivity index (χ2v) is 13.0. The van der Waals surface area contributed by atoms with Crippen LogP contribution in [0.3, 0.4) is 0 Å². The summed E-state index contributed by atoms with van der Waals surface area (Å²) in [5.41, 5.74) is 10.4. The Labute approximate surface area is 270 Å². The van der Waals surface area contributed by atoms with Gasteiger partial charge in [0.25, 0.3) is 0 Å².